The summed E-state index contributed by atoms with van der Waals surface area (Å²) in [7, 11) is 0. The third-order valence-electron chi connectivity index (χ3n) is 5.42. The van der Waals surface area contributed by atoms with Crippen LogP contribution in [0, 0.1) is 5.82 Å². The number of nitrogens with zero attached hydrogens (tertiary/aromatic N) is 3. The average molecular weight is 498 g/mol. The molecule has 10 heteroatoms. The third kappa shape index (κ3) is 3.74. The van der Waals surface area contributed by atoms with Gasteiger partial charge in [-0.1, -0.05) is 29.3 Å². The number of H-pyrrole nitrogens is 1. The quantitative estimate of drug-likeness (QED) is 0.261. The summed E-state index contributed by atoms with van der Waals surface area (Å²) in [4.78, 5) is 25.0. The van der Waals surface area contributed by atoms with Crippen LogP contribution in [-0.2, 0) is 0 Å². The van der Waals surface area contributed by atoms with Gasteiger partial charge in [-0.05, 0) is 50.2 Å². The van der Waals surface area contributed by atoms with Gasteiger partial charge < -0.3 is 14.7 Å². The Labute approximate surface area is 203 Å². The Balaban J connectivity index is 1.54. The standard InChI is InChI=1S/C24H18Cl2FN5O2/c1-11(2)32-19-7-6-13(33)10-17(19)29-24(32)31-23(34)12-8-15(26)21-18(9-12)28-22(30-21)20-14(25)4-3-5-16(20)27/h3-11,33H,1-2H3,(H,28,30)(H,29,31,34). The fourth-order valence-electron chi connectivity index (χ4n) is 3.92. The van der Waals surface area contributed by atoms with Gasteiger partial charge in [0.05, 0.1) is 37.7 Å². The van der Waals surface area contributed by atoms with Gasteiger partial charge in [0.25, 0.3) is 5.91 Å². The van der Waals surface area contributed by atoms with E-state index in [4.69, 9.17) is 23.2 Å². The van der Waals surface area contributed by atoms with Crippen molar-refractivity contribution in [2.24, 2.45) is 0 Å². The highest BCUT2D eigenvalue weighted by Gasteiger charge is 2.20. The summed E-state index contributed by atoms with van der Waals surface area (Å²) in [6, 6.07) is 12.3. The predicted molar refractivity (Wildman–Crippen MR) is 131 cm³/mol. The first-order chi connectivity index (χ1) is 16.2. The zero-order valence-corrected chi connectivity index (χ0v) is 19.5. The number of carbonyl (C=O) groups is 1. The molecule has 0 unspecified atom stereocenters. The molecule has 0 aliphatic rings. The third-order valence-corrected chi connectivity index (χ3v) is 6.03. The van der Waals surface area contributed by atoms with E-state index >= 15 is 0 Å². The number of nitrogens with one attached hydrogen (secondary N) is 2. The Morgan fingerprint density at radius 2 is 1.88 bits per heavy atom. The molecule has 34 heavy (non-hydrogen) atoms. The molecule has 7 nitrogen and oxygen atoms in total. The number of hydrogen-bond acceptors (Lipinski definition) is 4. The molecular weight excluding hydrogens is 480 g/mol. The molecule has 5 rings (SSSR count). The summed E-state index contributed by atoms with van der Waals surface area (Å²) in [6.07, 6.45) is 0. The molecule has 0 fully saturated rings. The fraction of sp³-hybridized carbons (Fsp3) is 0.125. The van der Waals surface area contributed by atoms with Crippen molar-refractivity contribution in [3.05, 3.63) is 70.0 Å². The summed E-state index contributed by atoms with van der Waals surface area (Å²) >= 11 is 12.6. The number of phenols is 1. The monoisotopic (exact) mass is 497 g/mol. The Kier molecular flexibility index (Phi) is 5.42. The van der Waals surface area contributed by atoms with Crippen LogP contribution >= 0.6 is 23.2 Å². The lowest BCUT2D eigenvalue weighted by Gasteiger charge is -2.13. The number of aromatic nitrogens is 4. The van der Waals surface area contributed by atoms with Gasteiger partial charge in [-0.3, -0.25) is 10.1 Å². The minimum Gasteiger partial charge on any atom is -0.508 e. The first-order valence-electron chi connectivity index (χ1n) is 10.4. The van der Waals surface area contributed by atoms with Crippen LogP contribution in [0.15, 0.2) is 48.5 Å². The second kappa shape index (κ2) is 8.30. The highest BCUT2D eigenvalue weighted by molar-refractivity contribution is 6.36. The van der Waals surface area contributed by atoms with Gasteiger partial charge in [0.15, 0.2) is 0 Å². The maximum atomic E-state index is 14.4. The van der Waals surface area contributed by atoms with E-state index in [-0.39, 0.29) is 38.8 Å². The van der Waals surface area contributed by atoms with Crippen molar-refractivity contribution in [3.63, 3.8) is 0 Å². The molecule has 3 N–H and O–H groups in total. The van der Waals surface area contributed by atoms with Gasteiger partial charge in [-0.15, -0.1) is 0 Å². The van der Waals surface area contributed by atoms with Gasteiger partial charge in [-0.25, -0.2) is 14.4 Å². The summed E-state index contributed by atoms with van der Waals surface area (Å²) in [6.45, 7) is 3.93. The molecule has 2 heterocycles. The first-order valence-corrected chi connectivity index (χ1v) is 11.1. The van der Waals surface area contributed by atoms with E-state index in [0.717, 1.165) is 5.52 Å². The number of carbonyl (C=O) groups excluding carboxylic acids is 1. The molecule has 0 spiro atoms. The normalized spacial score (nSPS) is 11.6. The number of benzene rings is 3. The summed E-state index contributed by atoms with van der Waals surface area (Å²) < 4.78 is 16.2. The van der Waals surface area contributed by atoms with Crippen molar-refractivity contribution in [2.75, 3.05) is 5.32 Å². The van der Waals surface area contributed by atoms with Crippen molar-refractivity contribution >= 4 is 57.1 Å². The summed E-state index contributed by atoms with van der Waals surface area (Å²) in [5, 5.41) is 13.1. The highest BCUT2D eigenvalue weighted by atomic mass is 35.5. The minimum absolute atomic E-state index is 0.00433. The molecule has 3 aromatic carbocycles. The van der Waals surface area contributed by atoms with Gasteiger partial charge in [-0.2, -0.15) is 0 Å². The summed E-state index contributed by atoms with van der Waals surface area (Å²) in [5.74, 6) is -0.352. The van der Waals surface area contributed by atoms with Crippen LogP contribution < -0.4 is 5.32 Å². The molecule has 2 aromatic heterocycles. The molecule has 0 saturated heterocycles. The maximum Gasteiger partial charge on any atom is 0.258 e. The zero-order chi connectivity index (χ0) is 24.1. The van der Waals surface area contributed by atoms with E-state index in [2.05, 4.69) is 20.3 Å². The number of halogens is 3. The van der Waals surface area contributed by atoms with Crippen molar-refractivity contribution in [3.8, 4) is 17.1 Å². The number of imidazole rings is 2. The predicted octanol–water partition coefficient (Wildman–Crippen LogP) is 6.56. The number of aromatic amines is 1. The second-order valence-corrected chi connectivity index (χ2v) is 8.87. The van der Waals surface area contributed by atoms with Crippen LogP contribution in [0.4, 0.5) is 10.3 Å². The van der Waals surface area contributed by atoms with Crippen LogP contribution in [0.3, 0.4) is 0 Å². The zero-order valence-electron chi connectivity index (χ0n) is 18.0. The first kappa shape index (κ1) is 22.2. The smallest absolute Gasteiger partial charge is 0.258 e. The minimum atomic E-state index is -0.528. The number of amides is 1. The van der Waals surface area contributed by atoms with Crippen LogP contribution in [0.5, 0.6) is 5.75 Å². The second-order valence-electron chi connectivity index (χ2n) is 8.06. The van der Waals surface area contributed by atoms with Crippen LogP contribution in [0.1, 0.15) is 30.2 Å². The molecule has 0 saturated carbocycles. The lowest BCUT2D eigenvalue weighted by Crippen LogP contribution is -2.17. The van der Waals surface area contributed by atoms with Gasteiger partial charge in [0.1, 0.15) is 17.4 Å². The van der Waals surface area contributed by atoms with Gasteiger partial charge >= 0.3 is 0 Å². The largest absolute Gasteiger partial charge is 0.508 e. The average Bonchev–Trinajstić information content (AvgIpc) is 3.34. The van der Waals surface area contributed by atoms with Gasteiger partial charge in [0, 0.05) is 17.7 Å². The van der Waals surface area contributed by atoms with E-state index in [1.807, 2.05) is 18.4 Å². The Hall–Kier alpha value is -3.62. The number of fused-ring (bicyclic) bond motifs is 2. The topological polar surface area (TPSA) is 95.8 Å². The number of aromatic hydroxyl groups is 1. The lowest BCUT2D eigenvalue weighted by molar-refractivity contribution is 0.102. The Bertz CT molecular complexity index is 1570. The van der Waals surface area contributed by atoms with Crippen molar-refractivity contribution in [1.82, 2.24) is 19.5 Å². The van der Waals surface area contributed by atoms with Crippen LogP contribution in [0.25, 0.3) is 33.5 Å². The Morgan fingerprint density at radius 1 is 1.09 bits per heavy atom. The highest BCUT2D eigenvalue weighted by Crippen LogP contribution is 2.33. The number of phenolic OH excluding ortho intramolecular Hbond substituents is 1. The van der Waals surface area contributed by atoms with Crippen LogP contribution in [0.2, 0.25) is 10.0 Å². The molecular formula is C24H18Cl2FN5O2. The van der Waals surface area contributed by atoms with E-state index < -0.39 is 11.7 Å². The molecule has 0 aliphatic heterocycles. The van der Waals surface area contributed by atoms with Crippen LogP contribution in [-0.4, -0.2) is 30.5 Å². The van der Waals surface area contributed by atoms with Crippen molar-refractivity contribution < 1.29 is 14.3 Å². The molecule has 5 aromatic rings. The fourth-order valence-corrected chi connectivity index (χ4v) is 4.43. The van der Waals surface area contributed by atoms with E-state index in [1.165, 1.54) is 24.3 Å². The Morgan fingerprint density at radius 3 is 2.62 bits per heavy atom. The molecule has 0 aliphatic carbocycles. The van der Waals surface area contributed by atoms with E-state index in [0.29, 0.717) is 22.5 Å². The molecule has 1 amide bonds. The number of rotatable bonds is 4. The molecule has 172 valence electrons. The SMILES string of the molecule is CC(C)n1c(NC(=O)c2cc(Cl)c3[nH]c(-c4c(F)cccc4Cl)nc3c2)nc2cc(O)ccc21. The molecule has 0 radical (unpaired) electrons. The molecule has 0 atom stereocenters. The van der Waals surface area contributed by atoms with Crippen molar-refractivity contribution in [1.29, 1.82) is 0 Å². The maximum absolute atomic E-state index is 14.4. The van der Waals surface area contributed by atoms with E-state index in [9.17, 15) is 14.3 Å². The number of hydrogen-bond donors (Lipinski definition) is 3. The van der Waals surface area contributed by atoms with E-state index in [1.54, 1.807) is 24.3 Å². The lowest BCUT2D eigenvalue weighted by atomic mass is 10.2. The summed E-state index contributed by atoms with van der Waals surface area (Å²) in [5.41, 5.74) is 2.54. The molecule has 0 bridgehead atoms. The van der Waals surface area contributed by atoms with Gasteiger partial charge in [0.2, 0.25) is 5.95 Å². The van der Waals surface area contributed by atoms with Crippen molar-refractivity contribution in [2.45, 2.75) is 19.9 Å². The number of anilines is 1.